The van der Waals surface area contributed by atoms with Crippen LogP contribution >= 0.6 is 0 Å². The molecule has 0 bridgehead atoms. The lowest BCUT2D eigenvalue weighted by Gasteiger charge is -2.31. The molecule has 0 spiro atoms. The van der Waals surface area contributed by atoms with Crippen LogP contribution in [0.4, 0.5) is 0 Å². The molecule has 1 saturated heterocycles. The van der Waals surface area contributed by atoms with Gasteiger partial charge in [-0.2, -0.15) is 0 Å². The number of sulfone groups is 1. The molecule has 0 saturated carbocycles. The Kier molecular flexibility index (Phi) is 13.3. The van der Waals surface area contributed by atoms with Gasteiger partial charge in [0.25, 0.3) is 0 Å². The quantitative estimate of drug-likeness (QED) is 0.251. The molecule has 200 valence electrons. The van der Waals surface area contributed by atoms with Gasteiger partial charge in [-0.1, -0.05) is 83.3 Å². The minimum atomic E-state index is -3.34. The van der Waals surface area contributed by atoms with Gasteiger partial charge in [0.15, 0.2) is 9.84 Å². The minimum Gasteiger partial charge on any atom is -0.394 e. The van der Waals surface area contributed by atoms with Crippen LogP contribution in [0.1, 0.15) is 95.6 Å². The van der Waals surface area contributed by atoms with Crippen molar-refractivity contribution in [3.05, 3.63) is 29.8 Å². The van der Waals surface area contributed by atoms with Gasteiger partial charge in [-0.15, -0.1) is 0 Å². The lowest BCUT2D eigenvalue weighted by molar-refractivity contribution is -0.126. The first-order valence-corrected chi connectivity index (χ1v) is 15.3. The number of carbonyl (C=O) groups is 1. The van der Waals surface area contributed by atoms with Crippen molar-refractivity contribution in [3.8, 4) is 0 Å². The number of hydrogen-bond donors (Lipinski definition) is 4. The Balaban J connectivity index is 1.75. The van der Waals surface area contributed by atoms with E-state index in [4.69, 9.17) is 0 Å². The number of piperidine rings is 1. The number of rotatable bonds is 16. The Hall–Kier alpha value is -1.48. The van der Waals surface area contributed by atoms with Crippen LogP contribution in [0.25, 0.3) is 0 Å². The SMILES string of the molecule is CCCCCCCCCCC[C@H]1CCN[C@@H](C(=O)N[C@@H](CO)[C@H](O)c2ccc(S(C)(=O)=O)cc2)C1. The average Bonchev–Trinajstić information content (AvgIpc) is 2.85. The minimum absolute atomic E-state index is 0.155. The van der Waals surface area contributed by atoms with Gasteiger partial charge < -0.3 is 20.8 Å². The van der Waals surface area contributed by atoms with Gasteiger partial charge in [-0.3, -0.25) is 4.79 Å². The molecule has 0 radical (unpaired) electrons. The van der Waals surface area contributed by atoms with Crippen LogP contribution in [0.15, 0.2) is 29.2 Å². The molecule has 4 atom stereocenters. The third kappa shape index (κ3) is 10.6. The van der Waals surface area contributed by atoms with E-state index < -0.39 is 28.6 Å². The van der Waals surface area contributed by atoms with Crippen LogP contribution in [0.5, 0.6) is 0 Å². The number of aliphatic hydroxyl groups excluding tert-OH is 2. The van der Waals surface area contributed by atoms with Crippen LogP contribution in [0.3, 0.4) is 0 Å². The lowest BCUT2D eigenvalue weighted by Crippen LogP contribution is -2.53. The first-order valence-electron chi connectivity index (χ1n) is 13.4. The molecule has 0 aromatic heterocycles. The first-order chi connectivity index (χ1) is 16.8. The molecule has 2 rings (SSSR count). The topological polar surface area (TPSA) is 116 Å². The van der Waals surface area contributed by atoms with Crippen molar-refractivity contribution in [2.75, 3.05) is 19.4 Å². The van der Waals surface area contributed by atoms with E-state index in [1.165, 1.54) is 82.1 Å². The molecular weight excluding hydrogens is 464 g/mol. The van der Waals surface area contributed by atoms with E-state index in [9.17, 15) is 23.4 Å². The number of nitrogens with one attached hydrogen (secondary N) is 2. The van der Waals surface area contributed by atoms with Gasteiger partial charge in [-0.05, 0) is 43.0 Å². The molecule has 0 aliphatic carbocycles. The predicted molar refractivity (Wildman–Crippen MR) is 140 cm³/mol. The van der Waals surface area contributed by atoms with Gasteiger partial charge in [0, 0.05) is 6.26 Å². The molecule has 0 unspecified atom stereocenters. The van der Waals surface area contributed by atoms with Gasteiger partial charge in [0.2, 0.25) is 5.91 Å². The van der Waals surface area contributed by atoms with Crippen molar-refractivity contribution in [2.24, 2.45) is 5.92 Å². The van der Waals surface area contributed by atoms with Crippen molar-refractivity contribution < 1.29 is 23.4 Å². The van der Waals surface area contributed by atoms with E-state index in [1.807, 2.05) is 0 Å². The summed E-state index contributed by atoms with van der Waals surface area (Å²) >= 11 is 0. The third-order valence-electron chi connectivity index (χ3n) is 7.10. The molecule has 1 amide bonds. The Bertz CT molecular complexity index is 844. The number of hydrogen-bond acceptors (Lipinski definition) is 6. The van der Waals surface area contributed by atoms with Gasteiger partial charge >= 0.3 is 0 Å². The third-order valence-corrected chi connectivity index (χ3v) is 8.23. The van der Waals surface area contributed by atoms with Crippen LogP contribution < -0.4 is 10.6 Å². The summed E-state index contributed by atoms with van der Waals surface area (Å²) in [4.78, 5) is 13.0. The highest BCUT2D eigenvalue weighted by Gasteiger charge is 2.30. The molecule has 1 aromatic carbocycles. The number of amides is 1. The summed E-state index contributed by atoms with van der Waals surface area (Å²) < 4.78 is 23.3. The molecule has 7 nitrogen and oxygen atoms in total. The molecule has 1 fully saturated rings. The van der Waals surface area contributed by atoms with Crippen molar-refractivity contribution >= 4 is 15.7 Å². The maximum Gasteiger partial charge on any atom is 0.237 e. The second-order valence-electron chi connectivity index (χ2n) is 10.1. The molecular formula is C27H46N2O5S. The Labute approximate surface area is 212 Å². The summed E-state index contributed by atoms with van der Waals surface area (Å²) in [7, 11) is -3.34. The van der Waals surface area contributed by atoms with Crippen LogP contribution in [0, 0.1) is 5.92 Å². The van der Waals surface area contributed by atoms with E-state index in [-0.39, 0.29) is 16.8 Å². The zero-order chi connectivity index (χ0) is 25.7. The zero-order valence-corrected chi connectivity index (χ0v) is 22.4. The number of carbonyl (C=O) groups excluding carboxylic acids is 1. The van der Waals surface area contributed by atoms with Crippen LogP contribution in [-0.4, -0.2) is 56.0 Å². The molecule has 35 heavy (non-hydrogen) atoms. The van der Waals surface area contributed by atoms with Crippen molar-refractivity contribution in [1.29, 1.82) is 0 Å². The standard InChI is InChI=1S/C27H46N2O5S/c1-3-4-5-6-7-8-9-10-11-12-21-17-18-28-24(19-21)27(32)29-25(20-30)26(31)22-13-15-23(16-14-22)35(2,33)34/h13-16,21,24-26,28,30-31H,3-12,17-20H2,1-2H3,(H,29,32)/t21-,24+,25-,26+/m0/s1. The second kappa shape index (κ2) is 15.6. The Morgan fingerprint density at radius 1 is 1.06 bits per heavy atom. The van der Waals surface area contributed by atoms with E-state index >= 15 is 0 Å². The maximum atomic E-state index is 12.9. The summed E-state index contributed by atoms with van der Waals surface area (Å²) in [5.41, 5.74) is 0.441. The normalized spacial score (nSPS) is 20.3. The highest BCUT2D eigenvalue weighted by molar-refractivity contribution is 7.90. The molecule has 1 heterocycles. The molecule has 1 aromatic rings. The Morgan fingerprint density at radius 2 is 1.66 bits per heavy atom. The predicted octanol–water partition coefficient (Wildman–Crippen LogP) is 3.89. The smallest absolute Gasteiger partial charge is 0.237 e. The van der Waals surface area contributed by atoms with Gasteiger partial charge in [0.1, 0.15) is 6.10 Å². The van der Waals surface area contributed by atoms with Crippen LogP contribution in [0.2, 0.25) is 0 Å². The fraction of sp³-hybridized carbons (Fsp3) is 0.741. The summed E-state index contributed by atoms with van der Waals surface area (Å²) in [5, 5.41) is 26.5. The van der Waals surface area contributed by atoms with Crippen molar-refractivity contribution in [1.82, 2.24) is 10.6 Å². The number of benzene rings is 1. The van der Waals surface area contributed by atoms with Crippen molar-refractivity contribution in [2.45, 2.75) is 107 Å². The van der Waals surface area contributed by atoms with E-state index in [2.05, 4.69) is 17.6 Å². The fourth-order valence-corrected chi connectivity index (χ4v) is 5.48. The zero-order valence-electron chi connectivity index (χ0n) is 21.5. The first kappa shape index (κ1) is 29.7. The molecule has 4 N–H and O–H groups in total. The largest absolute Gasteiger partial charge is 0.394 e. The second-order valence-corrected chi connectivity index (χ2v) is 12.1. The summed E-state index contributed by atoms with van der Waals surface area (Å²) in [6, 6.07) is 4.66. The number of unbranched alkanes of at least 4 members (excludes halogenated alkanes) is 8. The fourth-order valence-electron chi connectivity index (χ4n) is 4.85. The molecule has 1 aliphatic heterocycles. The lowest BCUT2D eigenvalue weighted by atomic mass is 9.87. The summed E-state index contributed by atoms with van der Waals surface area (Å²) in [6.07, 6.45) is 14.7. The van der Waals surface area contributed by atoms with E-state index in [0.717, 1.165) is 32.1 Å². The van der Waals surface area contributed by atoms with E-state index in [1.54, 1.807) is 0 Å². The van der Waals surface area contributed by atoms with Crippen LogP contribution in [-0.2, 0) is 14.6 Å². The summed E-state index contributed by atoms with van der Waals surface area (Å²) in [5.74, 6) is 0.297. The molecule has 8 heteroatoms. The molecule has 1 aliphatic rings. The van der Waals surface area contributed by atoms with Gasteiger partial charge in [-0.25, -0.2) is 8.42 Å². The monoisotopic (exact) mass is 510 g/mol. The van der Waals surface area contributed by atoms with Crippen molar-refractivity contribution in [3.63, 3.8) is 0 Å². The number of aliphatic hydroxyl groups is 2. The maximum absolute atomic E-state index is 12.9. The highest BCUT2D eigenvalue weighted by atomic mass is 32.2. The van der Waals surface area contributed by atoms with E-state index in [0.29, 0.717) is 11.5 Å². The Morgan fingerprint density at radius 3 is 2.23 bits per heavy atom. The average molecular weight is 511 g/mol. The van der Waals surface area contributed by atoms with Gasteiger partial charge in [0.05, 0.1) is 23.6 Å². The highest BCUT2D eigenvalue weighted by Crippen LogP contribution is 2.24. The summed E-state index contributed by atoms with van der Waals surface area (Å²) in [6.45, 7) is 2.61.